The summed E-state index contributed by atoms with van der Waals surface area (Å²) in [6, 6.07) is 12.9. The number of imidazole rings is 1. The van der Waals surface area contributed by atoms with Crippen LogP contribution in [0.5, 0.6) is 5.75 Å². The monoisotopic (exact) mass is 486 g/mol. The van der Waals surface area contributed by atoms with Crippen LogP contribution in [0.15, 0.2) is 42.5 Å². The molecule has 0 saturated heterocycles. The Morgan fingerprint density at radius 2 is 1.71 bits per heavy atom. The van der Waals surface area contributed by atoms with E-state index >= 15 is 0 Å². The number of nitrogens with one attached hydrogen (secondary N) is 1. The Labute approximate surface area is 198 Å². The highest BCUT2D eigenvalue weighted by molar-refractivity contribution is 6.35. The molecular weight excluding hydrogens is 459 g/mol. The maximum absolute atomic E-state index is 10.6. The summed E-state index contributed by atoms with van der Waals surface area (Å²) in [5.74, 6) is 0.470. The highest BCUT2D eigenvalue weighted by Gasteiger charge is 2.15. The lowest BCUT2D eigenvalue weighted by atomic mass is 10.3. The molecule has 0 amide bonds. The summed E-state index contributed by atoms with van der Waals surface area (Å²) in [5.41, 5.74) is 2.28. The van der Waals surface area contributed by atoms with Gasteiger partial charge in [-0.3, -0.25) is 5.41 Å². The van der Waals surface area contributed by atoms with Crippen molar-refractivity contribution >= 4 is 46.6 Å². The predicted octanol–water partition coefficient (Wildman–Crippen LogP) is 4.43. The first kappa shape index (κ1) is 25.6. The normalized spacial score (nSPS) is 12.2. The first-order chi connectivity index (χ1) is 14.4. The number of halogens is 3. The molecule has 0 spiro atoms. The van der Waals surface area contributed by atoms with Crippen LogP contribution in [0.2, 0.25) is 10.0 Å². The van der Waals surface area contributed by atoms with Gasteiger partial charge in [0.25, 0.3) is 0 Å². The van der Waals surface area contributed by atoms with E-state index in [9.17, 15) is 5.11 Å². The van der Waals surface area contributed by atoms with Crippen LogP contribution in [0, 0.1) is 5.41 Å². The Balaban J connectivity index is 0.00000341. The fourth-order valence-electron chi connectivity index (χ4n) is 3.53. The molecule has 0 bridgehead atoms. The third-order valence-corrected chi connectivity index (χ3v) is 5.76. The first-order valence-corrected chi connectivity index (χ1v) is 10.9. The van der Waals surface area contributed by atoms with Crippen molar-refractivity contribution in [2.45, 2.75) is 33.0 Å². The number of rotatable bonds is 10. The second-order valence-electron chi connectivity index (χ2n) is 7.14. The zero-order chi connectivity index (χ0) is 21.7. The second kappa shape index (κ2) is 11.8. The number of fused-ring (bicyclic) bond motifs is 1. The van der Waals surface area contributed by atoms with Crippen LogP contribution in [0.3, 0.4) is 0 Å². The molecule has 2 N–H and O–H groups in total. The average Bonchev–Trinajstić information content (AvgIpc) is 2.99. The van der Waals surface area contributed by atoms with E-state index in [1.54, 1.807) is 18.2 Å². The second-order valence-corrected chi connectivity index (χ2v) is 7.98. The van der Waals surface area contributed by atoms with Crippen LogP contribution >= 0.6 is 35.6 Å². The zero-order valence-electron chi connectivity index (χ0n) is 17.7. The quantitative estimate of drug-likeness (QED) is 0.444. The van der Waals surface area contributed by atoms with Crippen molar-refractivity contribution in [1.82, 2.24) is 14.0 Å². The maximum atomic E-state index is 10.6. The minimum absolute atomic E-state index is 0. The molecule has 3 rings (SSSR count). The van der Waals surface area contributed by atoms with Crippen molar-refractivity contribution in [2.75, 3.05) is 26.2 Å². The molecule has 1 aromatic heterocycles. The minimum atomic E-state index is -0.798. The molecule has 31 heavy (non-hydrogen) atoms. The van der Waals surface area contributed by atoms with E-state index in [1.807, 2.05) is 33.4 Å². The molecule has 2 aromatic carbocycles. The molecule has 3 aromatic rings. The van der Waals surface area contributed by atoms with Gasteiger partial charge >= 0.3 is 0 Å². The predicted molar refractivity (Wildman–Crippen MR) is 129 cm³/mol. The number of aliphatic hydroxyl groups excluding tert-OH is 1. The maximum Gasteiger partial charge on any atom is 0.203 e. The highest BCUT2D eigenvalue weighted by atomic mass is 35.5. The number of hydrogen-bond donors (Lipinski definition) is 2. The standard InChI is InChI=1S/C22H28Cl2N4O2.ClH/c1-3-26(4-2)11-12-27-19-7-5-6-8-20(19)28(22(27)25)14-17(29)15-30-21-10-9-16(23)13-18(21)24;/h5-10,13,17,25,29H,3-4,11-12,14-15H2,1-2H3;1H. The Kier molecular flexibility index (Phi) is 9.72. The Morgan fingerprint density at radius 1 is 1.06 bits per heavy atom. The van der Waals surface area contributed by atoms with Gasteiger partial charge in [-0.1, -0.05) is 49.2 Å². The van der Waals surface area contributed by atoms with Gasteiger partial charge in [0.1, 0.15) is 18.5 Å². The lowest BCUT2D eigenvalue weighted by Crippen LogP contribution is -2.34. The fourth-order valence-corrected chi connectivity index (χ4v) is 3.99. The van der Waals surface area contributed by atoms with Crippen molar-refractivity contribution in [3.05, 3.63) is 58.1 Å². The van der Waals surface area contributed by atoms with E-state index in [4.69, 9.17) is 33.3 Å². The van der Waals surface area contributed by atoms with Gasteiger partial charge in [-0.05, 0) is 43.4 Å². The molecule has 9 heteroatoms. The van der Waals surface area contributed by atoms with Gasteiger partial charge in [0.2, 0.25) is 5.62 Å². The van der Waals surface area contributed by atoms with Crippen LogP contribution in [0.4, 0.5) is 0 Å². The topological polar surface area (TPSA) is 66.4 Å². The molecule has 0 aliphatic carbocycles. The molecule has 170 valence electrons. The lowest BCUT2D eigenvalue weighted by molar-refractivity contribution is 0.0921. The molecule has 1 atom stereocenters. The molecule has 0 aliphatic rings. The van der Waals surface area contributed by atoms with E-state index in [2.05, 4.69) is 18.7 Å². The highest BCUT2D eigenvalue weighted by Crippen LogP contribution is 2.27. The number of aromatic nitrogens is 2. The van der Waals surface area contributed by atoms with Gasteiger partial charge in [0, 0.05) is 18.1 Å². The van der Waals surface area contributed by atoms with E-state index in [-0.39, 0.29) is 25.6 Å². The number of hydrogen-bond acceptors (Lipinski definition) is 4. The lowest BCUT2D eigenvalue weighted by Gasteiger charge is -2.18. The summed E-state index contributed by atoms with van der Waals surface area (Å²) in [4.78, 5) is 2.33. The molecular formula is C22H29Cl3N4O2. The summed E-state index contributed by atoms with van der Waals surface area (Å²) in [6.07, 6.45) is -0.798. The number of aliphatic hydroxyl groups is 1. The summed E-state index contributed by atoms with van der Waals surface area (Å²) in [6.45, 7) is 8.15. The SMILES string of the molecule is CCN(CC)CCn1c(=N)n(CC(O)COc2ccc(Cl)cc2Cl)c2ccccc21.Cl. The van der Waals surface area contributed by atoms with Gasteiger partial charge in [-0.15, -0.1) is 12.4 Å². The molecule has 1 heterocycles. The van der Waals surface area contributed by atoms with Gasteiger partial charge in [-0.25, -0.2) is 0 Å². The molecule has 0 saturated carbocycles. The Bertz CT molecular complexity index is 1050. The van der Waals surface area contributed by atoms with Crippen LogP contribution in [-0.2, 0) is 13.1 Å². The third kappa shape index (κ3) is 6.18. The smallest absolute Gasteiger partial charge is 0.203 e. The molecule has 0 fully saturated rings. The van der Waals surface area contributed by atoms with Gasteiger partial charge in [0.15, 0.2) is 0 Å². The van der Waals surface area contributed by atoms with Crippen LogP contribution in [0.25, 0.3) is 11.0 Å². The fraction of sp³-hybridized carbons (Fsp3) is 0.409. The number of likely N-dealkylation sites (N-methyl/N-ethyl adjacent to an activating group) is 1. The van der Waals surface area contributed by atoms with Crippen molar-refractivity contribution in [3.8, 4) is 5.75 Å². The largest absolute Gasteiger partial charge is 0.489 e. The first-order valence-electron chi connectivity index (χ1n) is 10.2. The Morgan fingerprint density at radius 3 is 2.32 bits per heavy atom. The number of nitrogens with zero attached hydrogens (tertiary/aromatic N) is 3. The molecule has 0 aliphatic heterocycles. The zero-order valence-corrected chi connectivity index (χ0v) is 20.1. The molecule has 0 radical (unpaired) electrons. The average molecular weight is 488 g/mol. The van der Waals surface area contributed by atoms with Crippen molar-refractivity contribution in [1.29, 1.82) is 5.41 Å². The third-order valence-electron chi connectivity index (χ3n) is 5.23. The van der Waals surface area contributed by atoms with Gasteiger partial charge < -0.3 is 23.9 Å². The Hall–Kier alpha value is -1.70. The van der Waals surface area contributed by atoms with E-state index < -0.39 is 6.10 Å². The number of benzene rings is 2. The van der Waals surface area contributed by atoms with Crippen LogP contribution in [-0.4, -0.2) is 51.5 Å². The number of ether oxygens (including phenoxy) is 1. The van der Waals surface area contributed by atoms with Crippen molar-refractivity contribution in [2.24, 2.45) is 0 Å². The van der Waals surface area contributed by atoms with Crippen LogP contribution < -0.4 is 10.4 Å². The summed E-state index contributed by atoms with van der Waals surface area (Å²) in [7, 11) is 0. The summed E-state index contributed by atoms with van der Waals surface area (Å²) < 4.78 is 9.49. The summed E-state index contributed by atoms with van der Waals surface area (Å²) >= 11 is 12.0. The van der Waals surface area contributed by atoms with Gasteiger partial charge in [0.05, 0.1) is 22.6 Å². The minimum Gasteiger partial charge on any atom is -0.489 e. The van der Waals surface area contributed by atoms with E-state index in [0.29, 0.717) is 21.4 Å². The van der Waals surface area contributed by atoms with E-state index in [1.165, 1.54) is 0 Å². The van der Waals surface area contributed by atoms with Crippen molar-refractivity contribution < 1.29 is 9.84 Å². The number of para-hydroxylation sites is 2. The molecule has 1 unspecified atom stereocenters. The van der Waals surface area contributed by atoms with Crippen LogP contribution in [0.1, 0.15) is 13.8 Å². The van der Waals surface area contributed by atoms with Crippen molar-refractivity contribution in [3.63, 3.8) is 0 Å². The molecule has 6 nitrogen and oxygen atoms in total. The van der Waals surface area contributed by atoms with E-state index in [0.717, 1.165) is 37.2 Å². The van der Waals surface area contributed by atoms with Gasteiger partial charge in [-0.2, -0.15) is 0 Å². The summed E-state index contributed by atoms with van der Waals surface area (Å²) in [5, 5.41) is 20.2.